The molecule has 0 radical (unpaired) electrons. The van der Waals surface area contributed by atoms with Gasteiger partial charge in [-0.3, -0.25) is 4.68 Å². The van der Waals surface area contributed by atoms with Crippen LogP contribution in [0.5, 0.6) is 0 Å². The van der Waals surface area contributed by atoms with Crippen LogP contribution in [0.1, 0.15) is 42.5 Å². The van der Waals surface area contributed by atoms with Crippen molar-refractivity contribution >= 4 is 11.8 Å². The zero-order chi connectivity index (χ0) is 15.6. The minimum Gasteiger partial charge on any atom is -0.478 e. The highest BCUT2D eigenvalue weighted by Gasteiger charge is 2.19. The molecule has 0 fully saturated rings. The highest BCUT2D eigenvalue weighted by atomic mass is 16.4. The molecule has 0 aromatic carbocycles. The van der Waals surface area contributed by atoms with Crippen molar-refractivity contribution in [1.82, 2.24) is 14.8 Å². The minimum atomic E-state index is -0.952. The molecule has 6 nitrogen and oxygen atoms in total. The molecular formula is C15H20N4O2. The van der Waals surface area contributed by atoms with Crippen LogP contribution in [0.4, 0.5) is 5.82 Å². The van der Waals surface area contributed by atoms with Gasteiger partial charge in [-0.25, -0.2) is 9.78 Å². The second kappa shape index (κ2) is 5.55. The van der Waals surface area contributed by atoms with Crippen molar-refractivity contribution in [3.63, 3.8) is 0 Å². The van der Waals surface area contributed by atoms with E-state index in [2.05, 4.69) is 15.4 Å². The predicted octanol–water partition coefficient (Wildman–Crippen LogP) is 2.42. The first kappa shape index (κ1) is 15.0. The highest BCUT2D eigenvalue weighted by molar-refractivity contribution is 5.88. The maximum Gasteiger partial charge on any atom is 0.335 e. The maximum absolute atomic E-state index is 11.2. The van der Waals surface area contributed by atoms with Gasteiger partial charge in [0.05, 0.1) is 17.8 Å². The number of anilines is 1. The fraction of sp³-hybridized carbons (Fsp3) is 0.400. The van der Waals surface area contributed by atoms with Crippen molar-refractivity contribution in [3.05, 3.63) is 41.3 Å². The maximum atomic E-state index is 11.2. The number of carboxylic acid groups (broad SMARTS) is 1. The molecule has 0 spiro atoms. The molecule has 2 rings (SSSR count). The lowest BCUT2D eigenvalue weighted by atomic mass is 9.91. The molecule has 2 aromatic rings. The van der Waals surface area contributed by atoms with Crippen LogP contribution >= 0.6 is 0 Å². The molecule has 0 atom stereocenters. The lowest BCUT2D eigenvalue weighted by molar-refractivity contribution is 0.0696. The van der Waals surface area contributed by atoms with Crippen LogP contribution in [0.2, 0.25) is 0 Å². The normalized spacial score (nSPS) is 11.4. The second-order valence-corrected chi connectivity index (χ2v) is 5.98. The summed E-state index contributed by atoms with van der Waals surface area (Å²) in [7, 11) is 1.86. The molecule has 112 valence electrons. The van der Waals surface area contributed by atoms with E-state index in [1.54, 1.807) is 23.0 Å². The molecule has 6 heteroatoms. The highest BCUT2D eigenvalue weighted by Crippen LogP contribution is 2.23. The molecule has 0 aliphatic carbocycles. The Morgan fingerprint density at radius 1 is 1.38 bits per heavy atom. The number of rotatable bonds is 4. The molecular weight excluding hydrogens is 268 g/mol. The van der Waals surface area contributed by atoms with Crippen LogP contribution < -0.4 is 5.32 Å². The van der Waals surface area contributed by atoms with E-state index in [9.17, 15) is 9.90 Å². The van der Waals surface area contributed by atoms with Gasteiger partial charge in [0.25, 0.3) is 0 Å². The van der Waals surface area contributed by atoms with E-state index in [0.29, 0.717) is 12.4 Å². The summed E-state index contributed by atoms with van der Waals surface area (Å²) >= 11 is 0. The van der Waals surface area contributed by atoms with Crippen LogP contribution in [0.25, 0.3) is 0 Å². The number of hydrogen-bond acceptors (Lipinski definition) is 4. The van der Waals surface area contributed by atoms with Crippen LogP contribution in [0, 0.1) is 0 Å². The number of nitrogens with one attached hydrogen (secondary N) is 1. The quantitative estimate of drug-likeness (QED) is 0.903. The number of nitrogens with zero attached hydrogens (tertiary/aromatic N) is 3. The number of carboxylic acids is 1. The third-order valence-corrected chi connectivity index (χ3v) is 3.21. The molecule has 0 saturated carbocycles. The largest absolute Gasteiger partial charge is 0.478 e. The molecule has 0 aliphatic heterocycles. The number of hydrogen-bond donors (Lipinski definition) is 2. The van der Waals surface area contributed by atoms with Gasteiger partial charge in [-0.15, -0.1) is 0 Å². The fourth-order valence-electron chi connectivity index (χ4n) is 1.88. The van der Waals surface area contributed by atoms with Crippen molar-refractivity contribution in [1.29, 1.82) is 0 Å². The summed E-state index contributed by atoms with van der Waals surface area (Å²) in [5.41, 5.74) is 1.76. The smallest absolute Gasteiger partial charge is 0.335 e. The summed E-state index contributed by atoms with van der Waals surface area (Å²) < 4.78 is 1.76. The van der Waals surface area contributed by atoms with E-state index < -0.39 is 5.97 Å². The molecule has 2 aromatic heterocycles. The van der Waals surface area contributed by atoms with Gasteiger partial charge in [0.15, 0.2) is 0 Å². The average Bonchev–Trinajstić information content (AvgIpc) is 2.80. The van der Waals surface area contributed by atoms with E-state index in [1.807, 2.05) is 33.9 Å². The lowest BCUT2D eigenvalue weighted by Gasteiger charge is -2.19. The molecule has 0 aliphatic rings. The van der Waals surface area contributed by atoms with Crippen LogP contribution in [-0.2, 0) is 19.0 Å². The van der Waals surface area contributed by atoms with Gasteiger partial charge in [0, 0.05) is 24.4 Å². The number of aromatic nitrogens is 3. The Labute approximate surface area is 123 Å². The molecule has 0 bridgehead atoms. The third kappa shape index (κ3) is 3.59. The van der Waals surface area contributed by atoms with Gasteiger partial charge in [0.1, 0.15) is 5.82 Å². The Kier molecular flexibility index (Phi) is 3.97. The van der Waals surface area contributed by atoms with Crippen LogP contribution in [0.3, 0.4) is 0 Å². The summed E-state index contributed by atoms with van der Waals surface area (Å²) in [6, 6.07) is 5.07. The standard InChI is InChI=1S/C15H20N4O2/c1-15(2,3)12-7-10(14(20)21)8-13(18-12)16-9-11-5-6-17-19(11)4/h5-8H,9H2,1-4H3,(H,16,18)(H,20,21). The van der Waals surface area contributed by atoms with E-state index >= 15 is 0 Å². The van der Waals surface area contributed by atoms with Crippen molar-refractivity contribution < 1.29 is 9.90 Å². The van der Waals surface area contributed by atoms with Gasteiger partial charge in [-0.1, -0.05) is 20.8 Å². The Bertz CT molecular complexity index is 656. The Hall–Kier alpha value is -2.37. The Morgan fingerprint density at radius 3 is 2.62 bits per heavy atom. The van der Waals surface area contributed by atoms with Crippen molar-refractivity contribution in [2.45, 2.75) is 32.7 Å². The number of carbonyl (C=O) groups is 1. The SMILES string of the molecule is Cn1nccc1CNc1cc(C(=O)O)cc(C(C)(C)C)n1. The van der Waals surface area contributed by atoms with Crippen LogP contribution in [-0.4, -0.2) is 25.8 Å². The fourth-order valence-corrected chi connectivity index (χ4v) is 1.88. The molecule has 2 N–H and O–H groups in total. The average molecular weight is 288 g/mol. The predicted molar refractivity (Wildman–Crippen MR) is 80.4 cm³/mol. The van der Waals surface area contributed by atoms with E-state index in [4.69, 9.17) is 0 Å². The van der Waals surface area contributed by atoms with Crippen molar-refractivity contribution in [2.24, 2.45) is 7.05 Å². The summed E-state index contributed by atoms with van der Waals surface area (Å²) in [4.78, 5) is 15.8. The van der Waals surface area contributed by atoms with E-state index in [0.717, 1.165) is 11.4 Å². The van der Waals surface area contributed by atoms with Crippen molar-refractivity contribution in [2.75, 3.05) is 5.32 Å². The summed E-state index contributed by atoms with van der Waals surface area (Å²) in [6.07, 6.45) is 1.72. The molecule has 2 heterocycles. The summed E-state index contributed by atoms with van der Waals surface area (Å²) in [5, 5.41) is 16.5. The van der Waals surface area contributed by atoms with E-state index in [-0.39, 0.29) is 11.0 Å². The summed E-state index contributed by atoms with van der Waals surface area (Å²) in [5.74, 6) is -0.396. The zero-order valence-corrected chi connectivity index (χ0v) is 12.7. The first-order chi connectivity index (χ1) is 9.77. The molecule has 0 amide bonds. The second-order valence-electron chi connectivity index (χ2n) is 5.98. The van der Waals surface area contributed by atoms with Crippen LogP contribution in [0.15, 0.2) is 24.4 Å². The molecule has 0 saturated heterocycles. The number of pyridine rings is 1. The molecule has 0 unspecified atom stereocenters. The first-order valence-corrected chi connectivity index (χ1v) is 6.74. The zero-order valence-electron chi connectivity index (χ0n) is 12.7. The van der Waals surface area contributed by atoms with Gasteiger partial charge in [0.2, 0.25) is 0 Å². The number of aryl methyl sites for hydroxylation is 1. The van der Waals surface area contributed by atoms with Gasteiger partial charge >= 0.3 is 5.97 Å². The minimum absolute atomic E-state index is 0.214. The first-order valence-electron chi connectivity index (χ1n) is 6.74. The Morgan fingerprint density at radius 2 is 2.10 bits per heavy atom. The monoisotopic (exact) mass is 288 g/mol. The van der Waals surface area contributed by atoms with E-state index in [1.165, 1.54) is 0 Å². The molecule has 21 heavy (non-hydrogen) atoms. The third-order valence-electron chi connectivity index (χ3n) is 3.21. The summed E-state index contributed by atoms with van der Waals surface area (Å²) in [6.45, 7) is 6.56. The number of aromatic carboxylic acids is 1. The van der Waals surface area contributed by atoms with Gasteiger partial charge in [-0.2, -0.15) is 5.10 Å². The Balaban J connectivity index is 2.28. The lowest BCUT2D eigenvalue weighted by Crippen LogP contribution is -2.17. The van der Waals surface area contributed by atoms with Crippen molar-refractivity contribution in [3.8, 4) is 0 Å². The van der Waals surface area contributed by atoms with Gasteiger partial charge < -0.3 is 10.4 Å². The topological polar surface area (TPSA) is 80.0 Å². The van der Waals surface area contributed by atoms with Gasteiger partial charge in [-0.05, 0) is 18.2 Å².